The van der Waals surface area contributed by atoms with Crippen molar-refractivity contribution in [3.63, 3.8) is 0 Å². The molecule has 1 aliphatic heterocycles. The first-order valence-corrected chi connectivity index (χ1v) is 14.5. The summed E-state index contributed by atoms with van der Waals surface area (Å²) in [7, 11) is 1.48. The number of para-hydroxylation sites is 1. The maximum atomic E-state index is 14.4. The van der Waals surface area contributed by atoms with Crippen LogP contribution < -0.4 is 10.6 Å². The van der Waals surface area contributed by atoms with Crippen molar-refractivity contribution in [1.82, 2.24) is 30.2 Å². The van der Waals surface area contributed by atoms with Crippen molar-refractivity contribution in [2.75, 3.05) is 38.5 Å². The number of hydrogen-bond donors (Lipinski definition) is 2. The van der Waals surface area contributed by atoms with E-state index in [4.69, 9.17) is 4.98 Å². The molecule has 1 aromatic carbocycles. The summed E-state index contributed by atoms with van der Waals surface area (Å²) in [6, 6.07) is 11.5. The Balaban J connectivity index is 1.22. The number of amides is 1. The van der Waals surface area contributed by atoms with Gasteiger partial charge >= 0.3 is 0 Å². The molecule has 2 atom stereocenters. The summed E-state index contributed by atoms with van der Waals surface area (Å²) in [5, 5.41) is 6.37. The molecule has 1 unspecified atom stereocenters. The molecule has 220 valence electrons. The van der Waals surface area contributed by atoms with E-state index >= 15 is 0 Å². The molecule has 1 saturated heterocycles. The Kier molecular flexibility index (Phi) is 9.31. The number of nitrogens with zero attached hydrogens (tertiary/aromatic N) is 5. The molecule has 3 aromatic heterocycles. The highest BCUT2D eigenvalue weighted by Gasteiger charge is 2.22. The standard InChI is InChI=1S/C32H37F2N7O/c1-20(25-5-4-6-26-30(32(42)35-3)27(34)17-38-31(25)26)15-37-29-14-28(39-19-40-29)23-7-8-24(36-16-23)13-22-9-11-41(12-10-22)18-21(2)33/h4-8,14,16-17,19-22H,9-13,15,18H2,1-3H3,(H,35,42)(H,37,39,40)/t20-,21?/m1/s1. The zero-order chi connectivity index (χ0) is 29.6. The lowest BCUT2D eigenvalue weighted by Gasteiger charge is -2.32. The highest BCUT2D eigenvalue weighted by Crippen LogP contribution is 2.28. The van der Waals surface area contributed by atoms with Crippen LogP contribution in [0.25, 0.3) is 22.2 Å². The first-order chi connectivity index (χ1) is 20.3. The number of alkyl halides is 1. The maximum absolute atomic E-state index is 14.4. The van der Waals surface area contributed by atoms with E-state index in [1.54, 1.807) is 13.0 Å². The number of carbonyl (C=O) groups is 1. The number of likely N-dealkylation sites (tertiary alicyclic amines) is 1. The fraction of sp³-hybridized carbons (Fsp3) is 0.406. The Labute approximate surface area is 245 Å². The monoisotopic (exact) mass is 573 g/mol. The van der Waals surface area contributed by atoms with Crippen LogP contribution in [0.4, 0.5) is 14.6 Å². The van der Waals surface area contributed by atoms with Crippen LogP contribution in [0.15, 0.2) is 55.1 Å². The lowest BCUT2D eigenvalue weighted by molar-refractivity contribution is 0.0960. The van der Waals surface area contributed by atoms with Gasteiger partial charge in [-0.05, 0) is 62.9 Å². The molecular weight excluding hydrogens is 536 g/mol. The predicted octanol–water partition coefficient (Wildman–Crippen LogP) is 5.41. The van der Waals surface area contributed by atoms with Gasteiger partial charge in [-0.15, -0.1) is 0 Å². The summed E-state index contributed by atoms with van der Waals surface area (Å²) in [4.78, 5) is 32.4. The second kappa shape index (κ2) is 13.3. The van der Waals surface area contributed by atoms with Gasteiger partial charge in [0.25, 0.3) is 5.91 Å². The zero-order valence-corrected chi connectivity index (χ0v) is 24.3. The lowest BCUT2D eigenvalue weighted by Crippen LogP contribution is -2.37. The van der Waals surface area contributed by atoms with E-state index < -0.39 is 17.9 Å². The third-order valence-corrected chi connectivity index (χ3v) is 7.96. The molecule has 4 heterocycles. The van der Waals surface area contributed by atoms with Crippen molar-refractivity contribution in [3.05, 3.63) is 77.8 Å². The van der Waals surface area contributed by atoms with E-state index in [0.717, 1.165) is 61.1 Å². The molecule has 1 fully saturated rings. The number of benzene rings is 1. The Bertz CT molecular complexity index is 1520. The van der Waals surface area contributed by atoms with Crippen LogP contribution in [0.1, 0.15) is 54.2 Å². The molecule has 0 radical (unpaired) electrons. The van der Waals surface area contributed by atoms with Gasteiger partial charge in [-0.2, -0.15) is 0 Å². The van der Waals surface area contributed by atoms with Crippen molar-refractivity contribution >= 4 is 22.6 Å². The molecule has 0 saturated carbocycles. The van der Waals surface area contributed by atoms with Crippen LogP contribution in [0.2, 0.25) is 0 Å². The minimum absolute atomic E-state index is 0.00165. The number of carbonyl (C=O) groups excluding carboxylic acids is 1. The number of piperidine rings is 1. The van der Waals surface area contributed by atoms with Crippen molar-refractivity contribution in [2.24, 2.45) is 5.92 Å². The molecule has 10 heteroatoms. The number of anilines is 1. The van der Waals surface area contributed by atoms with E-state index in [9.17, 15) is 13.6 Å². The third kappa shape index (κ3) is 6.87. The number of rotatable bonds is 10. The first-order valence-electron chi connectivity index (χ1n) is 14.5. The molecule has 2 N–H and O–H groups in total. The van der Waals surface area contributed by atoms with Gasteiger partial charge in [0.15, 0.2) is 5.82 Å². The van der Waals surface area contributed by atoms with Crippen LogP contribution >= 0.6 is 0 Å². The fourth-order valence-corrected chi connectivity index (χ4v) is 5.68. The zero-order valence-electron chi connectivity index (χ0n) is 24.3. The van der Waals surface area contributed by atoms with Gasteiger partial charge in [-0.3, -0.25) is 14.8 Å². The van der Waals surface area contributed by atoms with E-state index in [-0.39, 0.29) is 11.5 Å². The third-order valence-electron chi connectivity index (χ3n) is 7.96. The SMILES string of the molecule is CNC(=O)c1c(F)cnc2c([C@H](C)CNc3cc(-c4ccc(CC5CCN(CC(C)F)CC5)nc4)ncn3)cccc12. The number of pyridine rings is 2. The first kappa shape index (κ1) is 29.4. The van der Waals surface area contributed by atoms with Crippen LogP contribution in [-0.2, 0) is 6.42 Å². The fourth-order valence-electron chi connectivity index (χ4n) is 5.68. The molecule has 4 aromatic rings. The number of nitrogens with one attached hydrogen (secondary N) is 2. The summed E-state index contributed by atoms with van der Waals surface area (Å²) in [5.41, 5.74) is 4.23. The average molecular weight is 574 g/mol. The largest absolute Gasteiger partial charge is 0.369 e. The van der Waals surface area contributed by atoms with E-state index in [1.165, 1.54) is 13.4 Å². The van der Waals surface area contributed by atoms with Gasteiger partial charge in [0.2, 0.25) is 0 Å². The Morgan fingerprint density at radius 3 is 2.60 bits per heavy atom. The van der Waals surface area contributed by atoms with Crippen molar-refractivity contribution in [3.8, 4) is 11.3 Å². The van der Waals surface area contributed by atoms with Gasteiger partial charge in [-0.1, -0.05) is 25.1 Å². The molecular formula is C32H37F2N7O. The molecule has 1 amide bonds. The Morgan fingerprint density at radius 1 is 1.07 bits per heavy atom. The summed E-state index contributed by atoms with van der Waals surface area (Å²) < 4.78 is 27.7. The normalized spacial score (nSPS) is 15.8. The molecule has 0 aliphatic carbocycles. The number of halogens is 2. The summed E-state index contributed by atoms with van der Waals surface area (Å²) in [5.74, 6) is 0.110. The quantitative estimate of drug-likeness (QED) is 0.262. The highest BCUT2D eigenvalue weighted by molar-refractivity contribution is 6.06. The predicted molar refractivity (Wildman–Crippen MR) is 161 cm³/mol. The van der Waals surface area contributed by atoms with Gasteiger partial charge in [-0.25, -0.2) is 18.7 Å². The summed E-state index contributed by atoms with van der Waals surface area (Å²) >= 11 is 0. The molecule has 42 heavy (non-hydrogen) atoms. The van der Waals surface area contributed by atoms with Gasteiger partial charge in [0.1, 0.15) is 18.3 Å². The van der Waals surface area contributed by atoms with Crippen molar-refractivity contribution < 1.29 is 13.6 Å². The number of hydrogen-bond acceptors (Lipinski definition) is 7. The van der Waals surface area contributed by atoms with E-state index in [0.29, 0.717) is 35.7 Å². The van der Waals surface area contributed by atoms with E-state index in [1.807, 2.05) is 37.4 Å². The van der Waals surface area contributed by atoms with Crippen LogP contribution in [0.3, 0.4) is 0 Å². The second-order valence-corrected chi connectivity index (χ2v) is 11.1. The van der Waals surface area contributed by atoms with Gasteiger partial charge in [0, 0.05) is 55.0 Å². The second-order valence-electron chi connectivity index (χ2n) is 11.1. The molecule has 1 aliphatic rings. The summed E-state index contributed by atoms with van der Waals surface area (Å²) in [6.07, 6.45) is 6.76. The smallest absolute Gasteiger partial charge is 0.254 e. The van der Waals surface area contributed by atoms with Gasteiger partial charge in [0.05, 0.1) is 23.0 Å². The van der Waals surface area contributed by atoms with Crippen LogP contribution in [-0.4, -0.2) is 70.1 Å². The van der Waals surface area contributed by atoms with Crippen molar-refractivity contribution in [2.45, 2.75) is 45.2 Å². The average Bonchev–Trinajstić information content (AvgIpc) is 3.00. The van der Waals surface area contributed by atoms with Gasteiger partial charge < -0.3 is 15.5 Å². The topological polar surface area (TPSA) is 95.9 Å². The number of fused-ring (bicyclic) bond motifs is 1. The van der Waals surface area contributed by atoms with Crippen molar-refractivity contribution in [1.29, 1.82) is 0 Å². The summed E-state index contributed by atoms with van der Waals surface area (Å²) in [6.45, 7) is 6.62. The maximum Gasteiger partial charge on any atom is 0.254 e. The molecule has 0 spiro atoms. The lowest BCUT2D eigenvalue weighted by atomic mass is 9.91. The Hall–Kier alpha value is -4.05. The van der Waals surface area contributed by atoms with E-state index in [2.05, 4.69) is 36.6 Å². The van der Waals surface area contributed by atoms with Crippen LogP contribution in [0, 0.1) is 11.7 Å². The molecule has 0 bridgehead atoms. The highest BCUT2D eigenvalue weighted by atomic mass is 19.1. The Morgan fingerprint density at radius 2 is 1.88 bits per heavy atom. The van der Waals surface area contributed by atoms with Crippen LogP contribution in [0.5, 0.6) is 0 Å². The number of aromatic nitrogens is 4. The minimum Gasteiger partial charge on any atom is -0.369 e. The molecule has 5 rings (SSSR count). The molecule has 8 nitrogen and oxygen atoms in total. The minimum atomic E-state index is -0.782.